The first-order valence-electron chi connectivity index (χ1n) is 5.31. The molecule has 4 heteroatoms. The minimum absolute atomic E-state index is 0.202. The van der Waals surface area contributed by atoms with Crippen LogP contribution in [0.4, 0.5) is 0 Å². The monoisotopic (exact) mass is 218 g/mol. The van der Waals surface area contributed by atoms with Crippen LogP contribution in [0.1, 0.15) is 33.1 Å². The van der Waals surface area contributed by atoms with Crippen LogP contribution in [-0.4, -0.2) is 27.6 Å². The fourth-order valence-corrected chi connectivity index (χ4v) is 1.07. The molecule has 0 aliphatic carbocycles. The average molecular weight is 218 g/mol. The summed E-state index contributed by atoms with van der Waals surface area (Å²) in [5, 5.41) is 0. The third kappa shape index (κ3) is 6.23. The molecule has 0 saturated heterocycles. The van der Waals surface area contributed by atoms with Crippen LogP contribution in [-0.2, 0) is 18.9 Å². The lowest BCUT2D eigenvalue weighted by Crippen LogP contribution is -2.06. The van der Waals surface area contributed by atoms with Crippen molar-refractivity contribution in [2.24, 2.45) is 0 Å². The molecule has 0 amide bonds. The molecule has 0 aromatic carbocycles. The molecule has 0 bridgehead atoms. The van der Waals surface area contributed by atoms with Crippen molar-refractivity contribution in [2.45, 2.75) is 33.1 Å². The summed E-state index contributed by atoms with van der Waals surface area (Å²) in [5.41, 5.74) is 0. The molecule has 0 unspecified atom stereocenters. The Bertz CT molecular complexity index is 177. The molecular weight excluding hydrogens is 196 g/mol. The predicted molar refractivity (Wildman–Crippen MR) is 58.1 cm³/mol. The largest absolute Gasteiger partial charge is 0.494 e. The molecule has 0 aliphatic heterocycles. The number of ether oxygens (including phenoxy) is 4. The Morgan fingerprint density at radius 3 is 2.20 bits per heavy atom. The van der Waals surface area contributed by atoms with Crippen molar-refractivity contribution in [3.05, 3.63) is 11.7 Å². The van der Waals surface area contributed by atoms with Crippen molar-refractivity contribution in [1.29, 1.82) is 0 Å². The molecule has 0 N–H and O–H groups in total. The van der Waals surface area contributed by atoms with E-state index in [1.165, 1.54) is 0 Å². The number of hydrogen-bond acceptors (Lipinski definition) is 4. The summed E-state index contributed by atoms with van der Waals surface area (Å²) >= 11 is 0. The van der Waals surface area contributed by atoms with E-state index in [0.29, 0.717) is 12.6 Å². The van der Waals surface area contributed by atoms with Crippen molar-refractivity contribution >= 4 is 0 Å². The maximum Gasteiger partial charge on any atom is 0.320 e. The van der Waals surface area contributed by atoms with E-state index >= 15 is 0 Å². The van der Waals surface area contributed by atoms with E-state index < -0.39 is 0 Å². The van der Waals surface area contributed by atoms with Gasteiger partial charge in [0.1, 0.15) is 0 Å². The highest BCUT2D eigenvalue weighted by atomic mass is 16.7. The summed E-state index contributed by atoms with van der Waals surface area (Å²) in [6.45, 7) is 5.01. The molecule has 0 spiro atoms. The SMILES string of the molecule is CCCOCOC(OC)=C(CCC)OC. The smallest absolute Gasteiger partial charge is 0.320 e. The summed E-state index contributed by atoms with van der Waals surface area (Å²) in [4.78, 5) is 0. The molecule has 0 saturated carbocycles. The van der Waals surface area contributed by atoms with E-state index in [2.05, 4.69) is 6.92 Å². The normalized spacial score (nSPS) is 12.0. The van der Waals surface area contributed by atoms with Crippen molar-refractivity contribution in [3.63, 3.8) is 0 Å². The predicted octanol–water partition coefficient (Wildman–Crippen LogP) is 2.65. The van der Waals surface area contributed by atoms with Gasteiger partial charge in [0.2, 0.25) is 0 Å². The summed E-state index contributed by atoms with van der Waals surface area (Å²) in [7, 11) is 3.17. The second kappa shape index (κ2) is 9.65. The Morgan fingerprint density at radius 1 is 1.00 bits per heavy atom. The highest BCUT2D eigenvalue weighted by Gasteiger charge is 2.08. The van der Waals surface area contributed by atoms with Gasteiger partial charge in [0.05, 0.1) is 20.8 Å². The minimum Gasteiger partial charge on any atom is -0.494 e. The molecule has 90 valence electrons. The van der Waals surface area contributed by atoms with E-state index in [1.807, 2.05) is 6.92 Å². The molecule has 0 radical (unpaired) electrons. The lowest BCUT2D eigenvalue weighted by molar-refractivity contribution is -0.0738. The third-order valence-corrected chi connectivity index (χ3v) is 1.76. The quantitative estimate of drug-likeness (QED) is 0.339. The highest BCUT2D eigenvalue weighted by molar-refractivity contribution is 4.94. The van der Waals surface area contributed by atoms with Crippen LogP contribution in [0, 0.1) is 0 Å². The summed E-state index contributed by atoms with van der Waals surface area (Å²) in [5.74, 6) is 1.13. The van der Waals surface area contributed by atoms with Crippen molar-refractivity contribution in [2.75, 3.05) is 27.6 Å². The van der Waals surface area contributed by atoms with Gasteiger partial charge in [0, 0.05) is 6.42 Å². The molecule has 15 heavy (non-hydrogen) atoms. The topological polar surface area (TPSA) is 36.9 Å². The van der Waals surface area contributed by atoms with Gasteiger partial charge in [0.15, 0.2) is 12.6 Å². The Morgan fingerprint density at radius 2 is 1.73 bits per heavy atom. The maximum atomic E-state index is 5.31. The van der Waals surface area contributed by atoms with Gasteiger partial charge in [0.25, 0.3) is 0 Å². The Hall–Kier alpha value is -0.900. The lowest BCUT2D eigenvalue weighted by Gasteiger charge is -2.13. The van der Waals surface area contributed by atoms with Gasteiger partial charge in [-0.1, -0.05) is 13.8 Å². The Kier molecular flexibility index (Phi) is 9.07. The van der Waals surface area contributed by atoms with Crippen LogP contribution >= 0.6 is 0 Å². The van der Waals surface area contributed by atoms with Gasteiger partial charge in [-0.25, -0.2) is 0 Å². The van der Waals surface area contributed by atoms with E-state index in [-0.39, 0.29) is 6.79 Å². The number of hydrogen-bond donors (Lipinski definition) is 0. The van der Waals surface area contributed by atoms with Crippen molar-refractivity contribution in [3.8, 4) is 0 Å². The summed E-state index contributed by atoms with van der Waals surface area (Å²) in [6, 6.07) is 0. The van der Waals surface area contributed by atoms with Crippen LogP contribution in [0.2, 0.25) is 0 Å². The van der Waals surface area contributed by atoms with Gasteiger partial charge in [-0.15, -0.1) is 0 Å². The highest BCUT2D eigenvalue weighted by Crippen LogP contribution is 2.13. The van der Waals surface area contributed by atoms with E-state index in [0.717, 1.165) is 25.0 Å². The minimum atomic E-state index is 0.202. The average Bonchev–Trinajstić information content (AvgIpc) is 2.27. The molecule has 0 aromatic heterocycles. The fraction of sp³-hybridized carbons (Fsp3) is 0.818. The van der Waals surface area contributed by atoms with E-state index in [1.54, 1.807) is 14.2 Å². The lowest BCUT2D eigenvalue weighted by atomic mass is 10.3. The van der Waals surface area contributed by atoms with Crippen LogP contribution in [0.3, 0.4) is 0 Å². The first kappa shape index (κ1) is 14.1. The third-order valence-electron chi connectivity index (χ3n) is 1.76. The first-order valence-corrected chi connectivity index (χ1v) is 5.31. The van der Waals surface area contributed by atoms with Crippen LogP contribution in [0.15, 0.2) is 11.7 Å². The van der Waals surface area contributed by atoms with Gasteiger partial charge >= 0.3 is 5.95 Å². The second-order valence-corrected chi connectivity index (χ2v) is 3.04. The van der Waals surface area contributed by atoms with Gasteiger partial charge in [-0.2, -0.15) is 0 Å². The number of methoxy groups -OCH3 is 2. The molecular formula is C11H22O4. The van der Waals surface area contributed by atoms with Crippen molar-refractivity contribution < 1.29 is 18.9 Å². The molecule has 0 fully saturated rings. The van der Waals surface area contributed by atoms with Gasteiger partial charge in [-0.3, -0.25) is 0 Å². The summed E-state index contributed by atoms with van der Waals surface area (Å²) in [6.07, 6.45) is 2.75. The van der Waals surface area contributed by atoms with Gasteiger partial charge < -0.3 is 18.9 Å². The maximum absolute atomic E-state index is 5.31. The molecule has 0 rings (SSSR count). The first-order chi connectivity index (χ1) is 7.29. The standard InChI is InChI=1S/C11H22O4/c1-5-7-10(12-3)11(13-4)15-9-14-8-6-2/h5-9H2,1-4H3. The fourth-order valence-electron chi connectivity index (χ4n) is 1.07. The molecule has 0 heterocycles. The zero-order valence-corrected chi connectivity index (χ0v) is 10.2. The van der Waals surface area contributed by atoms with Crippen LogP contribution < -0.4 is 0 Å². The molecule has 0 aromatic rings. The van der Waals surface area contributed by atoms with Crippen LogP contribution in [0.5, 0.6) is 0 Å². The van der Waals surface area contributed by atoms with E-state index in [9.17, 15) is 0 Å². The Labute approximate surface area is 92.2 Å². The zero-order chi connectivity index (χ0) is 11.5. The van der Waals surface area contributed by atoms with Crippen LogP contribution in [0.25, 0.3) is 0 Å². The zero-order valence-electron chi connectivity index (χ0n) is 10.2. The molecule has 4 nitrogen and oxygen atoms in total. The molecule has 0 atom stereocenters. The Balaban J connectivity index is 4.05. The van der Waals surface area contributed by atoms with Crippen molar-refractivity contribution in [1.82, 2.24) is 0 Å². The number of rotatable bonds is 9. The van der Waals surface area contributed by atoms with E-state index in [4.69, 9.17) is 18.9 Å². The number of allylic oxidation sites excluding steroid dienone is 1. The molecule has 0 aliphatic rings. The van der Waals surface area contributed by atoms with Gasteiger partial charge in [-0.05, 0) is 12.8 Å². The second-order valence-electron chi connectivity index (χ2n) is 3.04. The summed E-state index contributed by atoms with van der Waals surface area (Å²) < 4.78 is 20.8.